The maximum atomic E-state index is 9.30. The summed E-state index contributed by atoms with van der Waals surface area (Å²) in [7, 11) is 0. The summed E-state index contributed by atoms with van der Waals surface area (Å²) in [6.45, 7) is 14.9. The van der Waals surface area contributed by atoms with Gasteiger partial charge in [-0.2, -0.15) is 0 Å². The fourth-order valence-corrected chi connectivity index (χ4v) is 2.28. The molecule has 1 unspecified atom stereocenters. The van der Waals surface area contributed by atoms with Crippen molar-refractivity contribution in [3.63, 3.8) is 0 Å². The molecule has 1 aromatic heterocycles. The van der Waals surface area contributed by atoms with Crippen LogP contribution in [0.5, 0.6) is 0 Å². The Bertz CT molecular complexity index is 412. The number of nitrogen functional groups attached to an aromatic ring is 1. The standard InChI is InChI=1S/C10H16N2.C7H14O.C2H6/c1-7(2)8(3)9-5-4-6-12-10(9)11;1-6(2)5-7(8)3-4-7;1-2/h4-8H,1-3H3,(H2,11,12);6,8H,3-5H2,1-2H3;1-2H3. The minimum Gasteiger partial charge on any atom is -0.390 e. The summed E-state index contributed by atoms with van der Waals surface area (Å²) in [5.74, 6) is 2.41. The molecule has 1 aliphatic rings. The molecule has 1 aliphatic carbocycles. The predicted octanol–water partition coefficient (Wildman–Crippen LogP) is 5.01. The second-order valence-corrected chi connectivity index (χ2v) is 6.83. The third-order valence-corrected chi connectivity index (χ3v) is 3.98. The lowest BCUT2D eigenvalue weighted by molar-refractivity contribution is 0.124. The zero-order valence-electron chi connectivity index (χ0n) is 15.6. The van der Waals surface area contributed by atoms with Crippen LogP contribution in [-0.4, -0.2) is 15.7 Å². The van der Waals surface area contributed by atoms with E-state index in [0.29, 0.717) is 23.6 Å². The summed E-state index contributed by atoms with van der Waals surface area (Å²) >= 11 is 0. The minimum atomic E-state index is -0.228. The summed E-state index contributed by atoms with van der Waals surface area (Å²) in [5, 5.41) is 9.30. The highest BCUT2D eigenvalue weighted by atomic mass is 16.3. The van der Waals surface area contributed by atoms with Crippen molar-refractivity contribution in [3.8, 4) is 0 Å². The average Bonchev–Trinajstić information content (AvgIpc) is 3.17. The van der Waals surface area contributed by atoms with E-state index in [0.717, 1.165) is 24.8 Å². The highest BCUT2D eigenvalue weighted by molar-refractivity contribution is 5.40. The molecular weight excluding hydrogens is 272 g/mol. The summed E-state index contributed by atoms with van der Waals surface area (Å²) in [4.78, 5) is 4.06. The van der Waals surface area contributed by atoms with Crippen LogP contribution < -0.4 is 5.73 Å². The van der Waals surface area contributed by atoms with Crippen molar-refractivity contribution < 1.29 is 5.11 Å². The van der Waals surface area contributed by atoms with E-state index in [9.17, 15) is 5.11 Å². The number of pyridine rings is 1. The third kappa shape index (κ3) is 7.79. The van der Waals surface area contributed by atoms with Gasteiger partial charge < -0.3 is 10.8 Å². The second kappa shape index (κ2) is 9.83. The van der Waals surface area contributed by atoms with Crippen LogP contribution >= 0.6 is 0 Å². The first-order chi connectivity index (χ1) is 10.2. The number of rotatable bonds is 4. The smallest absolute Gasteiger partial charge is 0.126 e. The van der Waals surface area contributed by atoms with Crippen molar-refractivity contribution in [2.45, 2.75) is 79.2 Å². The predicted molar refractivity (Wildman–Crippen MR) is 96.9 cm³/mol. The molecule has 2 rings (SSSR count). The van der Waals surface area contributed by atoms with Crippen LogP contribution in [0.15, 0.2) is 18.3 Å². The van der Waals surface area contributed by atoms with Crippen LogP contribution in [-0.2, 0) is 0 Å². The lowest BCUT2D eigenvalue weighted by Gasteiger charge is -2.16. The first kappa shape index (κ1) is 20.9. The van der Waals surface area contributed by atoms with E-state index in [-0.39, 0.29) is 5.60 Å². The molecule has 1 atom stereocenters. The Labute approximate surface area is 137 Å². The van der Waals surface area contributed by atoms with Crippen LogP contribution in [0, 0.1) is 11.8 Å². The van der Waals surface area contributed by atoms with Crippen LogP contribution in [0.2, 0.25) is 0 Å². The van der Waals surface area contributed by atoms with Crippen LogP contribution in [0.3, 0.4) is 0 Å². The van der Waals surface area contributed by atoms with Crippen molar-refractivity contribution in [2.75, 3.05) is 5.73 Å². The van der Waals surface area contributed by atoms with E-state index >= 15 is 0 Å². The normalized spacial score (nSPS) is 16.3. The fraction of sp³-hybridized carbons (Fsp3) is 0.737. The Morgan fingerprint density at radius 2 is 1.73 bits per heavy atom. The maximum absolute atomic E-state index is 9.30. The molecule has 0 spiro atoms. The largest absolute Gasteiger partial charge is 0.390 e. The molecule has 0 aromatic carbocycles. The van der Waals surface area contributed by atoms with Gasteiger partial charge in [-0.1, -0.05) is 54.5 Å². The molecule has 0 radical (unpaired) electrons. The number of nitrogens with zero attached hydrogens (tertiary/aromatic N) is 1. The van der Waals surface area contributed by atoms with Crippen LogP contribution in [0.25, 0.3) is 0 Å². The number of nitrogens with two attached hydrogens (primary N) is 1. The van der Waals surface area contributed by atoms with E-state index < -0.39 is 0 Å². The van der Waals surface area contributed by atoms with Crippen LogP contribution in [0.1, 0.15) is 79.2 Å². The molecular formula is C19H36N2O. The highest BCUT2D eigenvalue weighted by Crippen LogP contribution is 2.40. The molecule has 1 fully saturated rings. The van der Waals surface area contributed by atoms with Crippen molar-refractivity contribution in [1.82, 2.24) is 4.98 Å². The van der Waals surface area contributed by atoms with Gasteiger partial charge in [0.1, 0.15) is 5.82 Å². The van der Waals surface area contributed by atoms with Gasteiger partial charge in [0.2, 0.25) is 0 Å². The molecule has 3 heteroatoms. The van der Waals surface area contributed by atoms with E-state index in [4.69, 9.17) is 5.73 Å². The van der Waals surface area contributed by atoms with Gasteiger partial charge >= 0.3 is 0 Å². The van der Waals surface area contributed by atoms with E-state index in [2.05, 4.69) is 39.6 Å². The maximum Gasteiger partial charge on any atom is 0.126 e. The topological polar surface area (TPSA) is 59.1 Å². The van der Waals surface area contributed by atoms with E-state index in [1.165, 1.54) is 0 Å². The molecule has 0 aliphatic heterocycles. The molecule has 0 saturated heterocycles. The Hall–Kier alpha value is -1.09. The molecule has 1 aromatic rings. The Kier molecular flexibility index (Phi) is 9.34. The number of aromatic nitrogens is 1. The highest BCUT2D eigenvalue weighted by Gasteiger charge is 2.40. The quantitative estimate of drug-likeness (QED) is 0.822. The first-order valence-corrected chi connectivity index (χ1v) is 8.68. The van der Waals surface area contributed by atoms with Crippen molar-refractivity contribution in [2.24, 2.45) is 11.8 Å². The summed E-state index contributed by atoms with van der Waals surface area (Å²) in [6.07, 6.45) is 4.79. The summed E-state index contributed by atoms with van der Waals surface area (Å²) in [6, 6.07) is 3.98. The molecule has 1 saturated carbocycles. The van der Waals surface area contributed by atoms with Crippen LogP contribution in [0.4, 0.5) is 5.82 Å². The van der Waals surface area contributed by atoms with Gasteiger partial charge in [0.15, 0.2) is 0 Å². The molecule has 0 bridgehead atoms. The van der Waals surface area contributed by atoms with E-state index in [1.807, 2.05) is 26.0 Å². The summed E-state index contributed by atoms with van der Waals surface area (Å²) in [5.41, 5.74) is 6.68. The Morgan fingerprint density at radius 3 is 2.05 bits per heavy atom. The minimum absolute atomic E-state index is 0.228. The van der Waals surface area contributed by atoms with Gasteiger partial charge in [-0.05, 0) is 48.6 Å². The first-order valence-electron chi connectivity index (χ1n) is 8.68. The number of anilines is 1. The Balaban J connectivity index is 0.000000382. The van der Waals surface area contributed by atoms with Gasteiger partial charge in [0.25, 0.3) is 0 Å². The van der Waals surface area contributed by atoms with Gasteiger partial charge in [-0.3, -0.25) is 0 Å². The van der Waals surface area contributed by atoms with Gasteiger partial charge in [0, 0.05) is 6.20 Å². The van der Waals surface area contributed by atoms with Crippen molar-refractivity contribution in [3.05, 3.63) is 23.9 Å². The molecule has 0 amide bonds. The third-order valence-electron chi connectivity index (χ3n) is 3.98. The van der Waals surface area contributed by atoms with Gasteiger partial charge in [0.05, 0.1) is 5.60 Å². The number of aliphatic hydroxyl groups is 1. The van der Waals surface area contributed by atoms with Gasteiger partial charge in [-0.15, -0.1) is 0 Å². The summed E-state index contributed by atoms with van der Waals surface area (Å²) < 4.78 is 0. The fourth-order valence-electron chi connectivity index (χ4n) is 2.28. The Morgan fingerprint density at radius 1 is 1.18 bits per heavy atom. The monoisotopic (exact) mass is 308 g/mol. The average molecular weight is 309 g/mol. The van der Waals surface area contributed by atoms with Gasteiger partial charge in [-0.25, -0.2) is 4.98 Å². The lowest BCUT2D eigenvalue weighted by atomic mass is 9.91. The van der Waals surface area contributed by atoms with Crippen molar-refractivity contribution >= 4 is 5.82 Å². The number of hydrogen-bond acceptors (Lipinski definition) is 3. The second-order valence-electron chi connectivity index (χ2n) is 6.83. The molecule has 1 heterocycles. The SMILES string of the molecule is CC.CC(C)C(C)c1cccnc1N.CC(C)CC1(O)CC1. The molecule has 128 valence electrons. The molecule has 3 N–H and O–H groups in total. The number of hydrogen-bond donors (Lipinski definition) is 2. The zero-order valence-corrected chi connectivity index (χ0v) is 15.6. The van der Waals surface area contributed by atoms with E-state index in [1.54, 1.807) is 6.20 Å². The lowest BCUT2D eigenvalue weighted by Crippen LogP contribution is -2.09. The molecule has 22 heavy (non-hydrogen) atoms. The zero-order chi connectivity index (χ0) is 17.3. The van der Waals surface area contributed by atoms with Crippen molar-refractivity contribution in [1.29, 1.82) is 0 Å². The molecule has 3 nitrogen and oxygen atoms in total.